The Labute approximate surface area is 176 Å². The number of rotatable bonds is 6. The SMILES string of the molecule is CCCn1nc2n(c1=O)CCC(NC(=O)CSc1ncnc3sc(C)cc13)CC2. The highest BCUT2D eigenvalue weighted by atomic mass is 32.2. The van der Waals surface area contributed by atoms with E-state index in [4.69, 9.17) is 0 Å². The van der Waals surface area contributed by atoms with Gasteiger partial charge in [0.25, 0.3) is 0 Å². The van der Waals surface area contributed by atoms with Gasteiger partial charge in [-0.2, -0.15) is 5.10 Å². The van der Waals surface area contributed by atoms with Gasteiger partial charge in [-0.25, -0.2) is 19.4 Å². The molecule has 0 aromatic carbocycles. The topological polar surface area (TPSA) is 94.7 Å². The molecule has 1 N–H and O–H groups in total. The molecule has 1 aliphatic rings. The maximum atomic E-state index is 12.5. The summed E-state index contributed by atoms with van der Waals surface area (Å²) in [6.45, 7) is 5.32. The molecule has 1 atom stereocenters. The lowest BCUT2D eigenvalue weighted by molar-refractivity contribution is -0.119. The molecule has 1 amide bonds. The lowest BCUT2D eigenvalue weighted by Crippen LogP contribution is -2.36. The van der Waals surface area contributed by atoms with Crippen LogP contribution in [-0.4, -0.2) is 42.0 Å². The zero-order chi connectivity index (χ0) is 20.4. The highest BCUT2D eigenvalue weighted by Crippen LogP contribution is 2.30. The standard InChI is InChI=1S/C19H24N6O2S2/c1-3-7-25-19(27)24-8-6-13(4-5-15(24)23-25)22-16(26)10-28-17-14-9-12(2)29-18(14)21-11-20-17/h9,11,13H,3-8,10H2,1-2H3,(H,22,26). The minimum Gasteiger partial charge on any atom is -0.353 e. The molecule has 0 saturated heterocycles. The second kappa shape index (κ2) is 8.66. The van der Waals surface area contributed by atoms with Crippen LogP contribution in [0.3, 0.4) is 0 Å². The van der Waals surface area contributed by atoms with Crippen LogP contribution >= 0.6 is 23.1 Å². The van der Waals surface area contributed by atoms with E-state index in [1.54, 1.807) is 26.9 Å². The van der Waals surface area contributed by atoms with Gasteiger partial charge in [0.2, 0.25) is 5.91 Å². The van der Waals surface area contributed by atoms with Gasteiger partial charge in [-0.1, -0.05) is 18.7 Å². The van der Waals surface area contributed by atoms with Crippen LogP contribution in [0.15, 0.2) is 22.2 Å². The van der Waals surface area contributed by atoms with Gasteiger partial charge >= 0.3 is 5.69 Å². The quantitative estimate of drug-likeness (QED) is 0.475. The fourth-order valence-corrected chi connectivity index (χ4v) is 5.30. The van der Waals surface area contributed by atoms with E-state index in [2.05, 4.69) is 26.4 Å². The number of thiophene rings is 1. The summed E-state index contributed by atoms with van der Waals surface area (Å²) in [6.07, 6.45) is 4.67. The van der Waals surface area contributed by atoms with Crippen LogP contribution in [0, 0.1) is 6.92 Å². The van der Waals surface area contributed by atoms with Crippen LogP contribution in [0.1, 0.15) is 36.9 Å². The van der Waals surface area contributed by atoms with Crippen molar-refractivity contribution in [3.8, 4) is 0 Å². The number of amides is 1. The molecular formula is C19H24N6O2S2. The minimum absolute atomic E-state index is 0.0124. The Kier molecular flexibility index (Phi) is 6.00. The number of hydrogen-bond donors (Lipinski definition) is 1. The molecule has 0 bridgehead atoms. The molecule has 4 rings (SSSR count). The number of aryl methyl sites for hydroxylation is 3. The number of thioether (sulfide) groups is 1. The molecule has 1 aliphatic heterocycles. The molecule has 4 heterocycles. The summed E-state index contributed by atoms with van der Waals surface area (Å²) in [4.78, 5) is 35.7. The van der Waals surface area contributed by atoms with Gasteiger partial charge in [0, 0.05) is 35.8 Å². The van der Waals surface area contributed by atoms with Crippen molar-refractivity contribution < 1.29 is 4.79 Å². The van der Waals surface area contributed by atoms with Crippen molar-refractivity contribution >= 4 is 39.2 Å². The molecule has 0 saturated carbocycles. The first-order chi connectivity index (χ1) is 14.0. The van der Waals surface area contributed by atoms with Gasteiger partial charge in [0.05, 0.1) is 5.75 Å². The van der Waals surface area contributed by atoms with Crippen molar-refractivity contribution in [3.05, 3.63) is 33.6 Å². The highest BCUT2D eigenvalue weighted by molar-refractivity contribution is 8.00. The Morgan fingerprint density at radius 2 is 2.24 bits per heavy atom. The second-order valence-electron chi connectivity index (χ2n) is 7.21. The largest absolute Gasteiger partial charge is 0.353 e. The summed E-state index contributed by atoms with van der Waals surface area (Å²) >= 11 is 3.07. The van der Waals surface area contributed by atoms with Crippen LogP contribution < -0.4 is 11.0 Å². The maximum Gasteiger partial charge on any atom is 0.345 e. The Hall–Kier alpha value is -2.20. The van der Waals surface area contributed by atoms with Crippen LogP contribution in [0.25, 0.3) is 10.2 Å². The molecule has 0 radical (unpaired) electrons. The van der Waals surface area contributed by atoms with Crippen molar-refractivity contribution in [2.75, 3.05) is 5.75 Å². The molecule has 0 fully saturated rings. The first-order valence-corrected chi connectivity index (χ1v) is 11.6. The van der Waals surface area contributed by atoms with Crippen LogP contribution in [0.5, 0.6) is 0 Å². The number of nitrogens with zero attached hydrogens (tertiary/aromatic N) is 5. The van der Waals surface area contributed by atoms with E-state index in [0.717, 1.165) is 40.3 Å². The van der Waals surface area contributed by atoms with E-state index in [9.17, 15) is 9.59 Å². The van der Waals surface area contributed by atoms with Gasteiger partial charge in [-0.05, 0) is 32.3 Å². The third-order valence-corrected chi connectivity index (χ3v) is 6.94. The first kappa shape index (κ1) is 20.1. The molecular weight excluding hydrogens is 408 g/mol. The van der Waals surface area contributed by atoms with E-state index in [1.165, 1.54) is 16.6 Å². The van der Waals surface area contributed by atoms with Crippen molar-refractivity contribution in [1.82, 2.24) is 29.6 Å². The number of aromatic nitrogens is 5. The van der Waals surface area contributed by atoms with E-state index in [-0.39, 0.29) is 17.6 Å². The Morgan fingerprint density at radius 3 is 3.07 bits per heavy atom. The first-order valence-electron chi connectivity index (χ1n) is 9.85. The van der Waals surface area contributed by atoms with Crippen molar-refractivity contribution in [2.45, 2.75) is 63.7 Å². The van der Waals surface area contributed by atoms with Crippen LogP contribution in [-0.2, 0) is 24.3 Å². The van der Waals surface area contributed by atoms with Gasteiger partial charge in [-0.15, -0.1) is 11.3 Å². The number of fused-ring (bicyclic) bond motifs is 2. The van der Waals surface area contributed by atoms with Crippen LogP contribution in [0.2, 0.25) is 0 Å². The minimum atomic E-state index is -0.0387. The predicted octanol–water partition coefficient (Wildman–Crippen LogP) is 2.38. The van der Waals surface area contributed by atoms with Gasteiger partial charge in [0.15, 0.2) is 0 Å². The summed E-state index contributed by atoms with van der Waals surface area (Å²) in [5.74, 6) is 1.12. The van der Waals surface area contributed by atoms with Gasteiger partial charge < -0.3 is 5.32 Å². The fourth-order valence-electron chi connectivity index (χ4n) is 3.60. The van der Waals surface area contributed by atoms with Crippen molar-refractivity contribution in [3.63, 3.8) is 0 Å². The van der Waals surface area contributed by atoms with E-state index in [1.807, 2.05) is 13.8 Å². The highest BCUT2D eigenvalue weighted by Gasteiger charge is 2.22. The summed E-state index contributed by atoms with van der Waals surface area (Å²) in [6, 6.07) is 2.12. The van der Waals surface area contributed by atoms with Gasteiger partial charge in [0.1, 0.15) is 22.0 Å². The average Bonchev–Trinajstić information content (AvgIpc) is 3.14. The molecule has 0 aliphatic carbocycles. The summed E-state index contributed by atoms with van der Waals surface area (Å²) in [5, 5.41) is 9.42. The van der Waals surface area contributed by atoms with Crippen molar-refractivity contribution in [2.24, 2.45) is 0 Å². The Balaban J connectivity index is 1.34. The molecule has 0 spiro atoms. The molecule has 3 aromatic rings. The van der Waals surface area contributed by atoms with Gasteiger partial charge in [-0.3, -0.25) is 9.36 Å². The number of carbonyl (C=O) groups excluding carboxylic acids is 1. The monoisotopic (exact) mass is 432 g/mol. The zero-order valence-corrected chi connectivity index (χ0v) is 18.2. The molecule has 154 valence electrons. The molecule has 8 nitrogen and oxygen atoms in total. The number of carbonyl (C=O) groups is 1. The zero-order valence-electron chi connectivity index (χ0n) is 16.6. The van der Waals surface area contributed by atoms with E-state index >= 15 is 0 Å². The van der Waals surface area contributed by atoms with E-state index in [0.29, 0.717) is 25.3 Å². The fraction of sp³-hybridized carbons (Fsp3) is 0.526. The smallest absolute Gasteiger partial charge is 0.345 e. The van der Waals surface area contributed by atoms with E-state index < -0.39 is 0 Å². The summed E-state index contributed by atoms with van der Waals surface area (Å²) in [5.41, 5.74) is -0.0387. The normalized spacial score (nSPS) is 16.6. The summed E-state index contributed by atoms with van der Waals surface area (Å²) in [7, 11) is 0. The molecule has 3 aromatic heterocycles. The summed E-state index contributed by atoms with van der Waals surface area (Å²) < 4.78 is 3.31. The number of hydrogen-bond acceptors (Lipinski definition) is 7. The lowest BCUT2D eigenvalue weighted by Gasteiger charge is -2.15. The average molecular weight is 433 g/mol. The molecule has 10 heteroatoms. The van der Waals surface area contributed by atoms with Crippen LogP contribution in [0.4, 0.5) is 0 Å². The predicted molar refractivity (Wildman–Crippen MR) is 115 cm³/mol. The third-order valence-electron chi connectivity index (χ3n) is 4.97. The third kappa shape index (κ3) is 4.37. The number of nitrogens with one attached hydrogen (secondary N) is 1. The molecule has 29 heavy (non-hydrogen) atoms. The lowest BCUT2D eigenvalue weighted by atomic mass is 10.1. The molecule has 1 unspecified atom stereocenters. The van der Waals surface area contributed by atoms with Crippen molar-refractivity contribution in [1.29, 1.82) is 0 Å². The Morgan fingerprint density at radius 1 is 1.38 bits per heavy atom. The second-order valence-corrected chi connectivity index (χ2v) is 9.41. The Bertz CT molecular complexity index is 1090. The maximum absolute atomic E-state index is 12.5.